The molecule has 60 valence electrons. The number of aromatic nitrogens is 2. The largest absolute Gasteiger partial charge is 0.434 e. The highest BCUT2D eigenvalue weighted by molar-refractivity contribution is 14.1. The highest BCUT2D eigenvalue weighted by atomic mass is 127. The number of hydrogen-bond acceptors (Lipinski definition) is 2. The van der Waals surface area contributed by atoms with Gasteiger partial charge in [-0.1, -0.05) is 0 Å². The molecule has 0 radical (unpaired) electrons. The molecule has 0 aliphatic heterocycles. The van der Waals surface area contributed by atoms with E-state index < -0.39 is 11.9 Å². The van der Waals surface area contributed by atoms with Crippen molar-refractivity contribution in [2.24, 2.45) is 0 Å². The molecule has 0 bridgehead atoms. The summed E-state index contributed by atoms with van der Waals surface area (Å²) in [6.45, 7) is 0. The van der Waals surface area contributed by atoms with Crippen LogP contribution in [-0.4, -0.2) is 9.97 Å². The summed E-state index contributed by atoms with van der Waals surface area (Å²) < 4.78 is 35.8. The molecule has 0 unspecified atom stereocenters. The van der Waals surface area contributed by atoms with Crippen LogP contribution in [0.25, 0.3) is 0 Å². The maximum absolute atomic E-state index is 11.9. The second-order valence-corrected chi connectivity index (χ2v) is 2.83. The van der Waals surface area contributed by atoms with Crippen molar-refractivity contribution < 1.29 is 13.2 Å². The fraction of sp³-hybridized carbons (Fsp3) is 0.200. The first-order chi connectivity index (χ1) is 5.00. The minimum absolute atomic E-state index is 0.234. The molecule has 11 heavy (non-hydrogen) atoms. The summed E-state index contributed by atoms with van der Waals surface area (Å²) in [6.07, 6.45) is -2.44. The molecule has 0 fully saturated rings. The van der Waals surface area contributed by atoms with E-state index in [1.165, 1.54) is 6.20 Å². The molecule has 1 rings (SSSR count). The highest BCUT2D eigenvalue weighted by Crippen LogP contribution is 2.26. The Bertz CT molecular complexity index is 260. The van der Waals surface area contributed by atoms with Gasteiger partial charge < -0.3 is 0 Å². The van der Waals surface area contributed by atoms with Crippen LogP contribution in [0.4, 0.5) is 13.2 Å². The molecule has 1 aromatic rings. The van der Waals surface area contributed by atoms with Crippen LogP contribution < -0.4 is 0 Å². The summed E-state index contributed by atoms with van der Waals surface area (Å²) in [5.74, 6) is 0. The molecule has 1 aromatic heterocycles. The molecule has 0 spiro atoms. The average molecular weight is 274 g/mol. The summed E-state index contributed by atoms with van der Waals surface area (Å²) in [6, 6.07) is 0. The third-order valence-electron chi connectivity index (χ3n) is 0.896. The van der Waals surface area contributed by atoms with Crippen LogP contribution in [0, 0.1) is 3.70 Å². The number of alkyl halides is 3. The highest BCUT2D eigenvalue weighted by Gasteiger charge is 2.32. The van der Waals surface area contributed by atoms with Crippen LogP contribution in [0.3, 0.4) is 0 Å². The summed E-state index contributed by atoms with van der Waals surface area (Å²) in [7, 11) is 0. The molecule has 2 nitrogen and oxygen atoms in total. The summed E-state index contributed by atoms with van der Waals surface area (Å²) in [5.41, 5.74) is -0.954. The Kier molecular flexibility index (Phi) is 2.31. The lowest BCUT2D eigenvalue weighted by atomic mass is 10.4. The molecule has 0 saturated carbocycles. The Labute approximate surface area is 74.0 Å². The van der Waals surface area contributed by atoms with Gasteiger partial charge in [0.2, 0.25) is 0 Å². The maximum atomic E-state index is 11.9. The van der Waals surface area contributed by atoms with Gasteiger partial charge in [0.25, 0.3) is 0 Å². The number of nitrogens with zero attached hydrogens (tertiary/aromatic N) is 2. The van der Waals surface area contributed by atoms with Crippen molar-refractivity contribution in [2.45, 2.75) is 6.18 Å². The lowest BCUT2D eigenvalue weighted by molar-refractivity contribution is -0.141. The third kappa shape index (κ3) is 2.28. The molecular weight excluding hydrogens is 272 g/mol. The van der Waals surface area contributed by atoms with Gasteiger partial charge in [-0.05, 0) is 22.6 Å². The quantitative estimate of drug-likeness (QED) is 0.677. The molecule has 0 aliphatic carbocycles. The monoisotopic (exact) mass is 274 g/mol. The Morgan fingerprint density at radius 1 is 1.27 bits per heavy atom. The van der Waals surface area contributed by atoms with E-state index in [1.54, 1.807) is 22.6 Å². The standard InChI is InChI=1S/C5H2F3IN2/c6-5(7,8)3-1-10-2-4(9)11-3/h1-2H. The van der Waals surface area contributed by atoms with Crippen LogP contribution >= 0.6 is 22.6 Å². The van der Waals surface area contributed by atoms with Gasteiger partial charge in [0.15, 0.2) is 5.69 Å². The second kappa shape index (κ2) is 2.92. The van der Waals surface area contributed by atoms with Crippen LogP contribution in [0.1, 0.15) is 5.69 Å². The predicted octanol–water partition coefficient (Wildman–Crippen LogP) is 2.10. The van der Waals surface area contributed by atoms with Gasteiger partial charge in [0.05, 0.1) is 12.4 Å². The normalized spacial score (nSPS) is 11.6. The number of halogens is 4. The van der Waals surface area contributed by atoms with E-state index in [0.717, 1.165) is 0 Å². The predicted molar refractivity (Wildman–Crippen MR) is 39.8 cm³/mol. The third-order valence-corrected chi connectivity index (χ3v) is 1.42. The summed E-state index contributed by atoms with van der Waals surface area (Å²) in [5, 5.41) is 0. The maximum Gasteiger partial charge on any atom is 0.434 e. The molecule has 0 N–H and O–H groups in total. The molecule has 1 heterocycles. The van der Waals surface area contributed by atoms with Crippen molar-refractivity contribution in [3.63, 3.8) is 0 Å². The van der Waals surface area contributed by atoms with Crippen molar-refractivity contribution in [3.8, 4) is 0 Å². The Morgan fingerprint density at radius 3 is 2.27 bits per heavy atom. The Morgan fingerprint density at radius 2 is 1.91 bits per heavy atom. The Hall–Kier alpha value is -0.400. The van der Waals surface area contributed by atoms with Crippen LogP contribution in [0.5, 0.6) is 0 Å². The van der Waals surface area contributed by atoms with Crippen molar-refractivity contribution >= 4 is 22.6 Å². The van der Waals surface area contributed by atoms with Gasteiger partial charge in [-0.15, -0.1) is 0 Å². The van der Waals surface area contributed by atoms with Crippen LogP contribution in [0.2, 0.25) is 0 Å². The molecule has 0 atom stereocenters. The molecule has 0 aromatic carbocycles. The lowest BCUT2D eigenvalue weighted by Crippen LogP contribution is -2.08. The fourth-order valence-electron chi connectivity index (χ4n) is 0.479. The number of rotatable bonds is 0. The Balaban J connectivity index is 3.06. The van der Waals surface area contributed by atoms with Crippen molar-refractivity contribution in [1.29, 1.82) is 0 Å². The zero-order valence-corrected chi connectivity index (χ0v) is 7.22. The van der Waals surface area contributed by atoms with Crippen molar-refractivity contribution in [1.82, 2.24) is 9.97 Å². The van der Waals surface area contributed by atoms with E-state index in [-0.39, 0.29) is 3.70 Å². The minimum atomic E-state index is -4.39. The molecular formula is C5H2F3IN2. The van der Waals surface area contributed by atoms with E-state index in [2.05, 4.69) is 9.97 Å². The zero-order valence-electron chi connectivity index (χ0n) is 5.06. The first-order valence-corrected chi connectivity index (χ1v) is 3.63. The smallest absolute Gasteiger partial charge is 0.260 e. The zero-order chi connectivity index (χ0) is 8.48. The number of hydrogen-bond donors (Lipinski definition) is 0. The topological polar surface area (TPSA) is 25.8 Å². The van der Waals surface area contributed by atoms with Gasteiger partial charge in [0, 0.05) is 0 Å². The fourth-order valence-corrected chi connectivity index (χ4v) is 0.899. The van der Waals surface area contributed by atoms with E-state index >= 15 is 0 Å². The van der Waals surface area contributed by atoms with E-state index in [0.29, 0.717) is 6.20 Å². The average Bonchev–Trinajstić information content (AvgIpc) is 1.86. The van der Waals surface area contributed by atoms with E-state index in [1.807, 2.05) is 0 Å². The SMILES string of the molecule is FC(F)(F)c1cncc(I)n1. The van der Waals surface area contributed by atoms with Gasteiger partial charge in [-0.25, -0.2) is 4.98 Å². The lowest BCUT2D eigenvalue weighted by Gasteiger charge is -2.03. The van der Waals surface area contributed by atoms with E-state index in [4.69, 9.17) is 0 Å². The molecule has 0 amide bonds. The van der Waals surface area contributed by atoms with E-state index in [9.17, 15) is 13.2 Å². The molecule has 0 aliphatic rings. The molecule has 6 heteroatoms. The second-order valence-electron chi connectivity index (χ2n) is 1.72. The van der Waals surface area contributed by atoms with Gasteiger partial charge in [0.1, 0.15) is 3.70 Å². The van der Waals surface area contributed by atoms with Gasteiger partial charge >= 0.3 is 6.18 Å². The van der Waals surface area contributed by atoms with Gasteiger partial charge in [-0.2, -0.15) is 13.2 Å². The first kappa shape index (κ1) is 8.69. The summed E-state index contributed by atoms with van der Waals surface area (Å²) in [4.78, 5) is 6.60. The molecule has 0 saturated heterocycles. The van der Waals surface area contributed by atoms with Gasteiger partial charge in [-0.3, -0.25) is 4.98 Å². The van der Waals surface area contributed by atoms with Crippen LogP contribution in [-0.2, 0) is 6.18 Å². The minimum Gasteiger partial charge on any atom is -0.260 e. The van der Waals surface area contributed by atoms with Crippen molar-refractivity contribution in [3.05, 3.63) is 21.8 Å². The van der Waals surface area contributed by atoms with Crippen molar-refractivity contribution in [2.75, 3.05) is 0 Å². The first-order valence-electron chi connectivity index (χ1n) is 2.55. The summed E-state index contributed by atoms with van der Waals surface area (Å²) >= 11 is 1.67. The van der Waals surface area contributed by atoms with Crippen LogP contribution in [0.15, 0.2) is 12.4 Å².